The minimum atomic E-state index is -0.498. The maximum atomic E-state index is 11.7. The fourth-order valence-corrected chi connectivity index (χ4v) is 1.69. The van der Waals surface area contributed by atoms with Gasteiger partial charge in [-0.25, -0.2) is 9.67 Å². The van der Waals surface area contributed by atoms with Crippen molar-refractivity contribution in [3.63, 3.8) is 0 Å². The van der Waals surface area contributed by atoms with Gasteiger partial charge in [0.1, 0.15) is 25.0 Å². The number of nitrogens with two attached hydrogens (primary N) is 1. The van der Waals surface area contributed by atoms with Gasteiger partial charge in [0.25, 0.3) is 0 Å². The van der Waals surface area contributed by atoms with Crippen LogP contribution in [0.4, 0.5) is 5.69 Å². The number of halogens is 2. The lowest BCUT2D eigenvalue weighted by Crippen LogP contribution is -2.34. The Morgan fingerprint density at radius 2 is 2.22 bits per heavy atom. The van der Waals surface area contributed by atoms with Crippen molar-refractivity contribution >= 4 is 36.4 Å². The van der Waals surface area contributed by atoms with E-state index in [0.717, 1.165) is 0 Å². The molecular formula is C14H21Cl2N5O2. The average Bonchev–Trinajstić information content (AvgIpc) is 3.00. The third-order valence-electron chi connectivity index (χ3n) is 2.93. The molecule has 0 saturated carbocycles. The molecule has 23 heavy (non-hydrogen) atoms. The highest BCUT2D eigenvalue weighted by Crippen LogP contribution is 2.17. The lowest BCUT2D eigenvalue weighted by molar-refractivity contribution is -0.117. The van der Waals surface area contributed by atoms with Crippen LogP contribution in [0.2, 0.25) is 0 Å². The van der Waals surface area contributed by atoms with E-state index in [4.69, 9.17) is 10.5 Å². The lowest BCUT2D eigenvalue weighted by atomic mass is 10.2. The second-order valence-electron chi connectivity index (χ2n) is 4.54. The SMILES string of the molecule is CC[C@H](N)C(=O)Nc1cccc(OCCn2cncn2)c1.Cl.Cl. The van der Waals surface area contributed by atoms with E-state index >= 15 is 0 Å². The summed E-state index contributed by atoms with van der Waals surface area (Å²) in [7, 11) is 0. The summed E-state index contributed by atoms with van der Waals surface area (Å²) >= 11 is 0. The van der Waals surface area contributed by atoms with Crippen molar-refractivity contribution in [1.29, 1.82) is 0 Å². The molecule has 1 aromatic heterocycles. The van der Waals surface area contributed by atoms with Crippen molar-refractivity contribution in [1.82, 2.24) is 14.8 Å². The second kappa shape index (κ2) is 10.8. The van der Waals surface area contributed by atoms with Crippen LogP contribution in [0.15, 0.2) is 36.9 Å². The van der Waals surface area contributed by atoms with Crippen LogP contribution < -0.4 is 15.8 Å². The summed E-state index contributed by atoms with van der Waals surface area (Å²) in [6, 6.07) is 6.71. The van der Waals surface area contributed by atoms with E-state index in [0.29, 0.717) is 31.0 Å². The van der Waals surface area contributed by atoms with Gasteiger partial charge < -0.3 is 15.8 Å². The fraction of sp³-hybridized carbons (Fsp3) is 0.357. The average molecular weight is 362 g/mol. The number of nitrogens with one attached hydrogen (secondary N) is 1. The van der Waals surface area contributed by atoms with E-state index in [1.54, 1.807) is 23.1 Å². The molecule has 1 heterocycles. The van der Waals surface area contributed by atoms with Gasteiger partial charge >= 0.3 is 0 Å². The highest BCUT2D eigenvalue weighted by molar-refractivity contribution is 5.94. The van der Waals surface area contributed by atoms with Gasteiger partial charge in [-0.2, -0.15) is 5.10 Å². The number of amides is 1. The third kappa shape index (κ3) is 6.85. The topological polar surface area (TPSA) is 95.1 Å². The summed E-state index contributed by atoms with van der Waals surface area (Å²) in [5.41, 5.74) is 6.35. The number of carbonyl (C=O) groups excluding carboxylic acids is 1. The Kier molecular flexibility index (Phi) is 9.96. The standard InChI is InChI=1S/C14H19N5O2.2ClH/c1-2-13(15)14(20)18-11-4-3-5-12(8-11)21-7-6-19-10-16-9-17-19;;/h3-5,8-10,13H,2,6-7,15H2,1H3,(H,18,20);2*1H/t13-;;/m0../s1. The number of rotatable bonds is 7. The minimum Gasteiger partial charge on any atom is -0.492 e. The van der Waals surface area contributed by atoms with Crippen LogP contribution in [0, 0.1) is 0 Å². The summed E-state index contributed by atoms with van der Waals surface area (Å²) < 4.78 is 7.30. The molecule has 7 nitrogen and oxygen atoms in total. The molecule has 3 N–H and O–H groups in total. The molecule has 0 spiro atoms. The van der Waals surface area contributed by atoms with Crippen molar-refractivity contribution in [2.24, 2.45) is 5.73 Å². The zero-order valence-electron chi connectivity index (χ0n) is 12.7. The summed E-state index contributed by atoms with van der Waals surface area (Å²) in [6.07, 6.45) is 3.71. The van der Waals surface area contributed by atoms with Crippen LogP contribution >= 0.6 is 24.8 Å². The van der Waals surface area contributed by atoms with Gasteiger partial charge in [-0.1, -0.05) is 13.0 Å². The lowest BCUT2D eigenvalue weighted by Gasteiger charge is -2.11. The quantitative estimate of drug-likeness (QED) is 0.784. The number of benzene rings is 1. The molecule has 128 valence electrons. The van der Waals surface area contributed by atoms with Crippen molar-refractivity contribution < 1.29 is 9.53 Å². The highest BCUT2D eigenvalue weighted by atomic mass is 35.5. The zero-order chi connectivity index (χ0) is 15.1. The maximum Gasteiger partial charge on any atom is 0.241 e. The molecule has 0 radical (unpaired) electrons. The molecule has 0 unspecified atom stereocenters. The molecule has 0 aliphatic heterocycles. The molecular weight excluding hydrogens is 341 g/mol. The summed E-state index contributed by atoms with van der Waals surface area (Å²) in [5.74, 6) is 0.482. The first-order chi connectivity index (χ1) is 10.2. The maximum absolute atomic E-state index is 11.7. The van der Waals surface area contributed by atoms with Gasteiger partial charge in [-0.15, -0.1) is 24.8 Å². The monoisotopic (exact) mass is 361 g/mol. The smallest absolute Gasteiger partial charge is 0.241 e. The van der Waals surface area contributed by atoms with Crippen LogP contribution in [-0.2, 0) is 11.3 Å². The Bertz CT molecular complexity index is 580. The van der Waals surface area contributed by atoms with Crippen LogP contribution in [0.25, 0.3) is 0 Å². The molecule has 1 atom stereocenters. The van der Waals surface area contributed by atoms with Gasteiger partial charge in [0.15, 0.2) is 0 Å². The molecule has 0 saturated heterocycles. The number of hydrogen-bond donors (Lipinski definition) is 2. The number of nitrogens with zero attached hydrogens (tertiary/aromatic N) is 3. The first-order valence-corrected chi connectivity index (χ1v) is 6.80. The zero-order valence-corrected chi connectivity index (χ0v) is 14.3. The third-order valence-corrected chi connectivity index (χ3v) is 2.93. The molecule has 0 aliphatic carbocycles. The summed E-state index contributed by atoms with van der Waals surface area (Å²) in [5, 5.41) is 6.75. The van der Waals surface area contributed by atoms with Crippen LogP contribution in [0.3, 0.4) is 0 Å². The normalized spacial score (nSPS) is 10.9. The molecule has 0 fully saturated rings. The van der Waals surface area contributed by atoms with Crippen LogP contribution in [-0.4, -0.2) is 33.3 Å². The number of hydrogen-bond acceptors (Lipinski definition) is 5. The number of ether oxygens (including phenoxy) is 1. The van der Waals surface area contributed by atoms with Gasteiger partial charge in [-0.05, 0) is 18.6 Å². The molecule has 0 bridgehead atoms. The largest absolute Gasteiger partial charge is 0.492 e. The molecule has 1 amide bonds. The van der Waals surface area contributed by atoms with E-state index in [1.165, 1.54) is 6.33 Å². The second-order valence-corrected chi connectivity index (χ2v) is 4.54. The van der Waals surface area contributed by atoms with Gasteiger partial charge in [-0.3, -0.25) is 4.79 Å². The summed E-state index contributed by atoms with van der Waals surface area (Å²) in [6.45, 7) is 2.94. The van der Waals surface area contributed by atoms with Crippen molar-refractivity contribution in [2.75, 3.05) is 11.9 Å². The molecule has 1 aromatic carbocycles. The Morgan fingerprint density at radius 1 is 1.43 bits per heavy atom. The first kappa shape index (κ1) is 21.2. The first-order valence-electron chi connectivity index (χ1n) is 6.80. The number of aromatic nitrogens is 3. The fourth-order valence-electron chi connectivity index (χ4n) is 1.69. The van der Waals surface area contributed by atoms with E-state index in [1.807, 2.05) is 19.1 Å². The van der Waals surface area contributed by atoms with Crippen molar-refractivity contribution in [3.05, 3.63) is 36.9 Å². The minimum absolute atomic E-state index is 0. The van der Waals surface area contributed by atoms with Gasteiger partial charge in [0.05, 0.1) is 12.6 Å². The van der Waals surface area contributed by atoms with E-state index in [-0.39, 0.29) is 30.7 Å². The Labute approximate surface area is 147 Å². The molecule has 2 rings (SSSR count). The number of carbonyl (C=O) groups is 1. The molecule has 9 heteroatoms. The van der Waals surface area contributed by atoms with Gasteiger partial charge in [0, 0.05) is 11.8 Å². The van der Waals surface area contributed by atoms with Crippen LogP contribution in [0.1, 0.15) is 13.3 Å². The summed E-state index contributed by atoms with van der Waals surface area (Å²) in [4.78, 5) is 15.6. The number of anilines is 1. The van der Waals surface area contributed by atoms with E-state index < -0.39 is 6.04 Å². The van der Waals surface area contributed by atoms with Crippen molar-refractivity contribution in [3.8, 4) is 5.75 Å². The van der Waals surface area contributed by atoms with Crippen molar-refractivity contribution in [2.45, 2.75) is 25.9 Å². The predicted molar refractivity (Wildman–Crippen MR) is 93.4 cm³/mol. The predicted octanol–water partition coefficient (Wildman–Crippen LogP) is 1.88. The Morgan fingerprint density at radius 3 is 2.87 bits per heavy atom. The van der Waals surface area contributed by atoms with Gasteiger partial charge in [0.2, 0.25) is 5.91 Å². The molecule has 2 aromatic rings. The Balaban J connectivity index is 0.00000242. The molecule has 0 aliphatic rings. The highest BCUT2D eigenvalue weighted by Gasteiger charge is 2.11. The Hall–Kier alpha value is -1.83. The van der Waals surface area contributed by atoms with E-state index in [9.17, 15) is 4.79 Å². The van der Waals surface area contributed by atoms with Crippen LogP contribution in [0.5, 0.6) is 5.75 Å². The van der Waals surface area contributed by atoms with E-state index in [2.05, 4.69) is 15.4 Å².